The highest BCUT2D eigenvalue weighted by atomic mass is 31.2. The Morgan fingerprint density at radius 3 is 2.64 bits per heavy atom. The summed E-state index contributed by atoms with van der Waals surface area (Å²) >= 11 is 0. The van der Waals surface area contributed by atoms with E-state index >= 15 is 0 Å². The summed E-state index contributed by atoms with van der Waals surface area (Å²) in [4.78, 5) is 4.12. The van der Waals surface area contributed by atoms with E-state index < -0.39 is 7.14 Å². The highest BCUT2D eigenvalue weighted by molar-refractivity contribution is 7.62. The molecule has 0 amide bonds. The molecule has 0 aliphatic rings. The molecule has 0 saturated carbocycles. The van der Waals surface area contributed by atoms with Crippen molar-refractivity contribution in [1.82, 2.24) is 4.98 Å². The number of benzene rings is 1. The maximum absolute atomic E-state index is 12.8. The number of ether oxygens (including phenoxy) is 1. The predicted molar refractivity (Wildman–Crippen MR) is 89.5 cm³/mol. The van der Waals surface area contributed by atoms with Crippen LogP contribution in [-0.4, -0.2) is 30.5 Å². The third kappa shape index (κ3) is 3.69. The fraction of sp³-hybridized carbons (Fsp3) is 0.353. The second-order valence-corrected chi connectivity index (χ2v) is 9.40. The molecule has 1 atom stereocenters. The third-order valence-corrected chi connectivity index (χ3v) is 5.78. The molecule has 2 rings (SSSR count). The quantitative estimate of drug-likeness (QED) is 0.846. The third-order valence-electron chi connectivity index (χ3n) is 3.79. The highest BCUT2D eigenvalue weighted by Gasteiger charge is 2.27. The molecule has 1 aromatic carbocycles. The van der Waals surface area contributed by atoms with E-state index in [1.807, 2.05) is 25.1 Å². The van der Waals surface area contributed by atoms with Crippen molar-refractivity contribution in [2.45, 2.75) is 19.0 Å². The van der Waals surface area contributed by atoms with Crippen molar-refractivity contribution >= 4 is 7.14 Å². The number of pyridine rings is 1. The Hall–Kier alpha value is -1.80. The molecule has 4 nitrogen and oxygen atoms in total. The van der Waals surface area contributed by atoms with Crippen LogP contribution in [0.1, 0.15) is 22.3 Å². The first-order chi connectivity index (χ1) is 10.3. The SMILES string of the molecule is COc1cc(C(Cc2cccnc2)P(C)(C)=O)cc(C)c1O. The van der Waals surface area contributed by atoms with Gasteiger partial charge in [-0.25, -0.2) is 0 Å². The number of nitrogens with zero attached hydrogens (tertiary/aromatic N) is 1. The number of hydrogen-bond donors (Lipinski definition) is 1. The van der Waals surface area contributed by atoms with Crippen LogP contribution in [0.5, 0.6) is 11.5 Å². The van der Waals surface area contributed by atoms with Gasteiger partial charge >= 0.3 is 0 Å². The standard InChI is InChI=1S/C17H22NO3P/c1-12-8-14(10-15(21-2)17(12)19)16(22(3,4)20)9-13-6-5-7-18-11-13/h5-8,10-11,16,19H,9H2,1-4H3. The van der Waals surface area contributed by atoms with Gasteiger partial charge in [-0.3, -0.25) is 4.98 Å². The Balaban J connectivity index is 2.47. The zero-order valence-electron chi connectivity index (χ0n) is 13.4. The lowest BCUT2D eigenvalue weighted by molar-refractivity contribution is 0.371. The molecule has 0 bridgehead atoms. The first-order valence-corrected chi connectivity index (χ1v) is 9.81. The summed E-state index contributed by atoms with van der Waals surface area (Å²) in [6, 6.07) is 7.53. The highest BCUT2D eigenvalue weighted by Crippen LogP contribution is 2.55. The van der Waals surface area contributed by atoms with Gasteiger partial charge in [-0.15, -0.1) is 0 Å². The molecule has 1 N–H and O–H groups in total. The number of aromatic hydroxyl groups is 1. The lowest BCUT2D eigenvalue weighted by atomic mass is 10.0. The molecule has 1 aromatic heterocycles. The lowest BCUT2D eigenvalue weighted by Crippen LogP contribution is -2.05. The fourth-order valence-corrected chi connectivity index (χ4v) is 4.08. The van der Waals surface area contributed by atoms with Gasteiger partial charge in [0.15, 0.2) is 11.5 Å². The van der Waals surface area contributed by atoms with Crippen molar-refractivity contribution in [3.63, 3.8) is 0 Å². The second-order valence-electron chi connectivity index (χ2n) is 5.90. The molecular formula is C17H22NO3P. The minimum absolute atomic E-state index is 0.133. The molecule has 1 heterocycles. The van der Waals surface area contributed by atoms with Crippen LogP contribution < -0.4 is 4.74 Å². The Morgan fingerprint density at radius 2 is 2.09 bits per heavy atom. The number of phenols is 1. The van der Waals surface area contributed by atoms with Crippen LogP contribution in [0, 0.1) is 6.92 Å². The van der Waals surface area contributed by atoms with Crippen molar-refractivity contribution in [1.29, 1.82) is 0 Å². The van der Waals surface area contributed by atoms with Crippen molar-refractivity contribution in [3.8, 4) is 11.5 Å². The van der Waals surface area contributed by atoms with Crippen LogP contribution in [0.25, 0.3) is 0 Å². The van der Waals surface area contributed by atoms with E-state index in [1.165, 1.54) is 7.11 Å². The number of aromatic nitrogens is 1. The van der Waals surface area contributed by atoms with Gasteiger partial charge in [-0.05, 0) is 55.5 Å². The molecule has 1 unspecified atom stereocenters. The lowest BCUT2D eigenvalue weighted by Gasteiger charge is -2.23. The topological polar surface area (TPSA) is 59.4 Å². The number of methoxy groups -OCH3 is 1. The van der Waals surface area contributed by atoms with Crippen LogP contribution in [0.3, 0.4) is 0 Å². The van der Waals surface area contributed by atoms with Crippen LogP contribution in [0.4, 0.5) is 0 Å². The van der Waals surface area contributed by atoms with Crippen LogP contribution in [0.2, 0.25) is 0 Å². The van der Waals surface area contributed by atoms with E-state index in [0.717, 1.165) is 16.7 Å². The first kappa shape index (κ1) is 16.6. The molecule has 22 heavy (non-hydrogen) atoms. The molecular weight excluding hydrogens is 297 g/mol. The zero-order valence-corrected chi connectivity index (χ0v) is 14.3. The summed E-state index contributed by atoms with van der Waals surface area (Å²) in [6.07, 6.45) is 4.17. The van der Waals surface area contributed by atoms with E-state index in [4.69, 9.17) is 4.74 Å². The average molecular weight is 319 g/mol. The number of phenolic OH excluding ortho intramolecular Hbond substituents is 1. The summed E-state index contributed by atoms with van der Waals surface area (Å²) in [5.74, 6) is 0.549. The molecule has 2 aromatic rings. The van der Waals surface area contributed by atoms with E-state index in [9.17, 15) is 9.67 Å². The van der Waals surface area contributed by atoms with Gasteiger partial charge in [0.25, 0.3) is 0 Å². The Morgan fingerprint density at radius 1 is 1.36 bits per heavy atom. The summed E-state index contributed by atoms with van der Waals surface area (Å²) < 4.78 is 18.0. The molecule has 0 saturated heterocycles. The van der Waals surface area contributed by atoms with Crippen LogP contribution >= 0.6 is 7.14 Å². The average Bonchev–Trinajstić information content (AvgIpc) is 2.47. The van der Waals surface area contributed by atoms with E-state index in [2.05, 4.69) is 4.98 Å². The number of hydrogen-bond acceptors (Lipinski definition) is 4. The monoisotopic (exact) mass is 319 g/mol. The summed E-state index contributed by atoms with van der Waals surface area (Å²) in [5, 5.41) is 9.99. The normalized spacial score (nSPS) is 12.9. The minimum Gasteiger partial charge on any atom is -0.504 e. The van der Waals surface area contributed by atoms with Crippen molar-refractivity contribution in [2.24, 2.45) is 0 Å². The Bertz CT molecular complexity index is 695. The van der Waals surface area contributed by atoms with Gasteiger partial charge in [0.1, 0.15) is 0 Å². The number of aryl methyl sites for hydroxylation is 1. The summed E-state index contributed by atoms with van der Waals surface area (Å²) in [5.41, 5.74) is 2.55. The van der Waals surface area contributed by atoms with E-state index in [0.29, 0.717) is 12.2 Å². The largest absolute Gasteiger partial charge is 0.504 e. The van der Waals surface area contributed by atoms with Gasteiger partial charge in [0, 0.05) is 18.1 Å². The van der Waals surface area contributed by atoms with Gasteiger partial charge in [0.2, 0.25) is 0 Å². The van der Waals surface area contributed by atoms with Crippen LogP contribution in [-0.2, 0) is 11.0 Å². The zero-order chi connectivity index (χ0) is 16.3. The molecule has 5 heteroatoms. The second kappa shape index (κ2) is 6.53. The van der Waals surface area contributed by atoms with E-state index in [-0.39, 0.29) is 11.4 Å². The van der Waals surface area contributed by atoms with Gasteiger partial charge < -0.3 is 14.4 Å². The van der Waals surface area contributed by atoms with Crippen LogP contribution in [0.15, 0.2) is 36.7 Å². The van der Waals surface area contributed by atoms with E-state index in [1.54, 1.807) is 31.8 Å². The molecule has 0 radical (unpaired) electrons. The minimum atomic E-state index is -2.39. The smallest absolute Gasteiger partial charge is 0.161 e. The molecule has 0 aliphatic heterocycles. The fourth-order valence-electron chi connectivity index (χ4n) is 2.56. The van der Waals surface area contributed by atoms with Gasteiger partial charge in [0.05, 0.1) is 14.3 Å². The Labute approximate surface area is 131 Å². The summed E-state index contributed by atoms with van der Waals surface area (Å²) in [6.45, 7) is 5.41. The van der Waals surface area contributed by atoms with Crippen molar-refractivity contribution < 1.29 is 14.4 Å². The van der Waals surface area contributed by atoms with Gasteiger partial charge in [-0.1, -0.05) is 12.1 Å². The maximum Gasteiger partial charge on any atom is 0.161 e. The summed E-state index contributed by atoms with van der Waals surface area (Å²) in [7, 11) is -0.874. The number of rotatable bonds is 5. The first-order valence-electron chi connectivity index (χ1n) is 7.14. The molecule has 0 spiro atoms. The molecule has 118 valence electrons. The van der Waals surface area contributed by atoms with Gasteiger partial charge in [-0.2, -0.15) is 0 Å². The van der Waals surface area contributed by atoms with Crippen molar-refractivity contribution in [3.05, 3.63) is 53.3 Å². The molecule has 0 aliphatic carbocycles. The maximum atomic E-state index is 12.8. The predicted octanol–water partition coefficient (Wildman–Crippen LogP) is 4.01. The molecule has 0 fully saturated rings. The Kier molecular flexibility index (Phi) is 4.92. The van der Waals surface area contributed by atoms with Crippen molar-refractivity contribution in [2.75, 3.05) is 20.4 Å².